The summed E-state index contributed by atoms with van der Waals surface area (Å²) in [4.78, 5) is 11.9. The van der Waals surface area contributed by atoms with E-state index in [1.165, 1.54) is 5.57 Å². The van der Waals surface area contributed by atoms with E-state index in [4.69, 9.17) is 4.74 Å². The molecule has 8 heteroatoms. The van der Waals surface area contributed by atoms with E-state index in [2.05, 4.69) is 47.6 Å². The van der Waals surface area contributed by atoms with E-state index in [1.807, 2.05) is 0 Å². The van der Waals surface area contributed by atoms with E-state index in [0.717, 1.165) is 64.2 Å². The van der Waals surface area contributed by atoms with Crippen LogP contribution in [0.15, 0.2) is 11.6 Å². The number of carboxylic acids is 1. The molecule has 8 unspecified atom stereocenters. The first kappa shape index (κ1) is 31.9. The van der Waals surface area contributed by atoms with Gasteiger partial charge < -0.3 is 35.4 Å². The van der Waals surface area contributed by atoms with Crippen molar-refractivity contribution in [2.24, 2.45) is 50.7 Å². The zero-order valence-corrected chi connectivity index (χ0v) is 27.0. The highest BCUT2D eigenvalue weighted by Gasteiger charge is 2.66. The molecule has 0 spiro atoms. The van der Waals surface area contributed by atoms with E-state index in [0.29, 0.717) is 17.8 Å². The number of hydrogen-bond donors (Lipinski definition) is 6. The van der Waals surface area contributed by atoms with Crippen molar-refractivity contribution in [2.75, 3.05) is 0 Å². The minimum Gasteiger partial charge on any atom is -0.479 e. The molecule has 6 aliphatic rings. The van der Waals surface area contributed by atoms with Gasteiger partial charge in [0, 0.05) is 5.41 Å². The van der Waals surface area contributed by atoms with Gasteiger partial charge in [0.15, 0.2) is 6.10 Å². The lowest BCUT2D eigenvalue weighted by atomic mass is 9.36. The number of carbonyl (C=O) groups is 1. The molecule has 6 N–H and O–H groups in total. The smallest absolute Gasteiger partial charge is 0.335 e. The first-order chi connectivity index (χ1) is 19.9. The molecule has 0 aromatic carbocycles. The lowest BCUT2D eigenvalue weighted by Crippen LogP contribution is -2.67. The topological polar surface area (TPSA) is 148 Å². The van der Waals surface area contributed by atoms with Gasteiger partial charge in [-0.3, -0.25) is 0 Å². The average Bonchev–Trinajstić information content (AvgIpc) is 2.93. The Morgan fingerprint density at radius 2 is 1.49 bits per heavy atom. The molecule has 244 valence electrons. The third kappa shape index (κ3) is 4.47. The summed E-state index contributed by atoms with van der Waals surface area (Å²) in [6.45, 7) is 14.1. The van der Waals surface area contributed by atoms with Crippen molar-refractivity contribution in [2.45, 2.75) is 148 Å². The summed E-state index contributed by atoms with van der Waals surface area (Å²) in [5.41, 5.74) is 1.03. The van der Waals surface area contributed by atoms with Gasteiger partial charge in [0.05, 0.1) is 12.2 Å². The number of fused-ring (bicyclic) bond motifs is 7. The first-order valence-electron chi connectivity index (χ1n) is 16.9. The predicted molar refractivity (Wildman–Crippen MR) is 161 cm³/mol. The van der Waals surface area contributed by atoms with Crippen molar-refractivity contribution in [3.8, 4) is 0 Å². The van der Waals surface area contributed by atoms with Crippen molar-refractivity contribution in [3.63, 3.8) is 0 Å². The number of ether oxygens (including phenoxy) is 1. The fourth-order valence-electron chi connectivity index (χ4n) is 12.2. The molecule has 1 heterocycles. The van der Waals surface area contributed by atoms with Crippen LogP contribution in [0.3, 0.4) is 0 Å². The maximum absolute atomic E-state index is 12.2. The zero-order chi connectivity index (χ0) is 31.5. The normalized spacial score (nSPS) is 52.9. The number of allylic oxidation sites excluding steroid dienone is 2. The van der Waals surface area contributed by atoms with Gasteiger partial charge in [0.2, 0.25) is 0 Å². The van der Waals surface area contributed by atoms with Gasteiger partial charge in [-0.2, -0.15) is 0 Å². The van der Waals surface area contributed by atoms with Gasteiger partial charge in [-0.05, 0) is 110 Å². The van der Waals surface area contributed by atoms with E-state index in [-0.39, 0.29) is 33.7 Å². The SMILES string of the molecule is CC1(C)CC[C@]2(C(O)[C@@H]3OC(C(=O)O)[C@@H](O)C(O)C3O)CCC3C(=CCC4[C@@]3(C)CCC3C(C)(C)[C@@H](O)CC[C@@]34C)C2C1. The minimum atomic E-state index is -1.77. The van der Waals surface area contributed by atoms with Crippen LogP contribution in [0.2, 0.25) is 0 Å². The molecular weight excluding hydrogens is 548 g/mol. The van der Waals surface area contributed by atoms with E-state index in [9.17, 15) is 35.4 Å². The Labute approximate surface area is 256 Å². The molecule has 1 aliphatic heterocycles. The van der Waals surface area contributed by atoms with Crippen molar-refractivity contribution in [1.29, 1.82) is 0 Å². The summed E-state index contributed by atoms with van der Waals surface area (Å²) < 4.78 is 5.75. The second-order valence-electron chi connectivity index (χ2n) is 17.5. The van der Waals surface area contributed by atoms with Crippen molar-refractivity contribution < 1.29 is 40.2 Å². The second kappa shape index (κ2) is 10.2. The number of aliphatic hydroxyl groups excluding tert-OH is 5. The molecule has 0 amide bonds. The molecule has 43 heavy (non-hydrogen) atoms. The molecule has 0 bridgehead atoms. The van der Waals surface area contributed by atoms with Crippen LogP contribution in [0.5, 0.6) is 0 Å². The molecule has 0 aromatic rings. The Balaban J connectivity index is 1.37. The number of aliphatic carboxylic acids is 1. The Kier molecular flexibility index (Phi) is 7.60. The van der Waals surface area contributed by atoms with Gasteiger partial charge in [-0.25, -0.2) is 4.79 Å². The highest BCUT2D eigenvalue weighted by molar-refractivity contribution is 5.73. The van der Waals surface area contributed by atoms with Crippen LogP contribution in [0.1, 0.15) is 106 Å². The Morgan fingerprint density at radius 1 is 0.814 bits per heavy atom. The summed E-state index contributed by atoms with van der Waals surface area (Å²) in [6.07, 6.45) is 2.22. The van der Waals surface area contributed by atoms with Crippen LogP contribution in [-0.4, -0.2) is 79.3 Å². The molecule has 1 saturated heterocycles. The van der Waals surface area contributed by atoms with Crippen LogP contribution in [0, 0.1) is 50.7 Å². The monoisotopic (exact) mass is 604 g/mol. The molecule has 4 saturated carbocycles. The maximum atomic E-state index is 12.2. The Bertz CT molecular complexity index is 1150. The van der Waals surface area contributed by atoms with Crippen LogP contribution < -0.4 is 0 Å². The zero-order valence-electron chi connectivity index (χ0n) is 27.0. The molecule has 8 nitrogen and oxygen atoms in total. The highest BCUT2D eigenvalue weighted by atomic mass is 16.6. The van der Waals surface area contributed by atoms with Crippen molar-refractivity contribution in [3.05, 3.63) is 11.6 Å². The second-order valence-corrected chi connectivity index (χ2v) is 17.5. The molecule has 14 atom stereocenters. The van der Waals surface area contributed by atoms with Gasteiger partial charge >= 0.3 is 5.97 Å². The quantitative estimate of drug-likeness (QED) is 0.265. The fraction of sp³-hybridized carbons (Fsp3) is 0.914. The van der Waals surface area contributed by atoms with Crippen molar-refractivity contribution >= 4 is 5.97 Å². The Morgan fingerprint density at radius 3 is 2.16 bits per heavy atom. The molecule has 5 aliphatic carbocycles. The third-order valence-corrected chi connectivity index (χ3v) is 14.7. The van der Waals surface area contributed by atoms with Gasteiger partial charge in [0.1, 0.15) is 24.4 Å². The lowest BCUT2D eigenvalue weighted by Gasteiger charge is -2.68. The first-order valence-corrected chi connectivity index (χ1v) is 16.9. The number of aliphatic hydroxyl groups is 5. The average molecular weight is 605 g/mol. The number of carboxylic acid groups (broad SMARTS) is 1. The van der Waals surface area contributed by atoms with Crippen LogP contribution in [-0.2, 0) is 9.53 Å². The van der Waals surface area contributed by atoms with Gasteiger partial charge in [-0.1, -0.05) is 53.2 Å². The maximum Gasteiger partial charge on any atom is 0.335 e. The van der Waals surface area contributed by atoms with E-state index >= 15 is 0 Å². The third-order valence-electron chi connectivity index (χ3n) is 14.7. The molecule has 5 fully saturated rings. The van der Waals surface area contributed by atoms with Crippen molar-refractivity contribution in [1.82, 2.24) is 0 Å². The fourth-order valence-corrected chi connectivity index (χ4v) is 12.2. The summed E-state index contributed by atoms with van der Waals surface area (Å²) in [7, 11) is 0. The van der Waals surface area contributed by atoms with Crippen LogP contribution >= 0.6 is 0 Å². The molecular formula is C35H56O8. The number of rotatable bonds is 3. The lowest BCUT2D eigenvalue weighted by molar-refractivity contribution is -0.265. The highest BCUT2D eigenvalue weighted by Crippen LogP contribution is 2.72. The summed E-state index contributed by atoms with van der Waals surface area (Å²) in [5, 5.41) is 64.7. The number of hydrogen-bond acceptors (Lipinski definition) is 7. The standard InChI is InChI=1S/C35H56O8/c1-31(2)15-16-35(29(40)27-25(38)24(37)26(39)28(43-27)30(41)42)14-9-19-18(20(35)17-31)7-8-22-33(19,5)12-10-21-32(3,4)23(36)11-13-34(21,22)6/h7,19-29,36-40H,8-17H2,1-6H3,(H,41,42)/t19?,20?,21?,22?,23-,24?,25?,26-,27+,28?,29?,33-,34-,35+/m0/s1. The molecule has 0 radical (unpaired) electrons. The summed E-state index contributed by atoms with van der Waals surface area (Å²) in [5.74, 6) is 0.0128. The Hall–Kier alpha value is -1.03. The summed E-state index contributed by atoms with van der Waals surface area (Å²) >= 11 is 0. The molecule has 6 rings (SSSR count). The minimum absolute atomic E-state index is 0.0565. The van der Waals surface area contributed by atoms with Gasteiger partial charge in [-0.15, -0.1) is 0 Å². The molecule has 0 aromatic heterocycles. The van der Waals surface area contributed by atoms with E-state index < -0.39 is 48.0 Å². The largest absolute Gasteiger partial charge is 0.479 e. The van der Waals surface area contributed by atoms with Crippen LogP contribution in [0.4, 0.5) is 0 Å². The van der Waals surface area contributed by atoms with Crippen LogP contribution in [0.25, 0.3) is 0 Å². The van der Waals surface area contributed by atoms with E-state index in [1.54, 1.807) is 0 Å². The predicted octanol–water partition coefficient (Wildman–Crippen LogP) is 4.05. The van der Waals surface area contributed by atoms with Gasteiger partial charge in [0.25, 0.3) is 0 Å². The summed E-state index contributed by atoms with van der Waals surface area (Å²) in [6, 6.07) is 0.